The number of carbonyl (C=O) groups is 2. The van der Waals surface area contributed by atoms with Crippen molar-refractivity contribution in [2.24, 2.45) is 0 Å². The van der Waals surface area contributed by atoms with Crippen LogP contribution in [0.2, 0.25) is 0 Å². The van der Waals surface area contributed by atoms with E-state index < -0.39 is 10.8 Å². The molecule has 164 valence electrons. The van der Waals surface area contributed by atoms with E-state index in [2.05, 4.69) is 10.6 Å². The second-order valence-corrected chi connectivity index (χ2v) is 6.82. The quantitative estimate of drug-likeness (QED) is 0.419. The lowest BCUT2D eigenvalue weighted by Crippen LogP contribution is -2.15. The fourth-order valence-corrected chi connectivity index (χ4v) is 2.97. The molecule has 2 N–H and O–H groups in total. The van der Waals surface area contributed by atoms with Gasteiger partial charge < -0.3 is 20.1 Å². The summed E-state index contributed by atoms with van der Waals surface area (Å²) in [6.07, 6.45) is 0. The van der Waals surface area contributed by atoms with Crippen molar-refractivity contribution in [2.45, 2.75) is 6.92 Å². The molecule has 0 unspecified atom stereocenters. The third kappa shape index (κ3) is 5.01. The molecule has 9 nitrogen and oxygen atoms in total. The molecule has 9 heteroatoms. The maximum absolute atomic E-state index is 12.7. The van der Waals surface area contributed by atoms with Crippen LogP contribution in [0.4, 0.5) is 17.1 Å². The Labute approximate surface area is 184 Å². The number of nitrogens with one attached hydrogen (secondary N) is 2. The molecule has 0 fully saturated rings. The summed E-state index contributed by atoms with van der Waals surface area (Å²) in [6.45, 7) is 1.82. The molecule has 0 aromatic heterocycles. The van der Waals surface area contributed by atoms with Gasteiger partial charge >= 0.3 is 0 Å². The van der Waals surface area contributed by atoms with Crippen LogP contribution in [0.5, 0.6) is 11.5 Å². The molecule has 0 radical (unpaired) electrons. The largest absolute Gasteiger partial charge is 0.493 e. The summed E-state index contributed by atoms with van der Waals surface area (Å²) in [5.74, 6) is 0.0619. The summed E-state index contributed by atoms with van der Waals surface area (Å²) < 4.78 is 10.4. The molecule has 0 bridgehead atoms. The molecule has 0 saturated heterocycles. The molecule has 2 amide bonds. The predicted octanol–water partition coefficient (Wildman–Crippen LogP) is 4.43. The number of hydrogen-bond donors (Lipinski definition) is 2. The molecule has 3 aromatic rings. The highest BCUT2D eigenvalue weighted by molar-refractivity contribution is 6.07. The number of rotatable bonds is 7. The zero-order valence-corrected chi connectivity index (χ0v) is 17.7. The summed E-state index contributed by atoms with van der Waals surface area (Å²) in [5.41, 5.74) is 2.05. The molecule has 0 aliphatic carbocycles. The summed E-state index contributed by atoms with van der Waals surface area (Å²) in [4.78, 5) is 35.6. The summed E-state index contributed by atoms with van der Waals surface area (Å²) >= 11 is 0. The van der Waals surface area contributed by atoms with Gasteiger partial charge in [0.05, 0.1) is 19.1 Å². The molecule has 3 rings (SSSR count). The molecule has 0 spiro atoms. The molecule has 0 saturated carbocycles. The predicted molar refractivity (Wildman–Crippen MR) is 120 cm³/mol. The highest BCUT2D eigenvalue weighted by Crippen LogP contribution is 2.28. The number of carbonyl (C=O) groups excluding carboxylic acids is 2. The first-order chi connectivity index (χ1) is 15.3. The van der Waals surface area contributed by atoms with Gasteiger partial charge in [-0.2, -0.15) is 0 Å². The van der Waals surface area contributed by atoms with Crippen LogP contribution >= 0.6 is 0 Å². The maximum atomic E-state index is 12.7. The van der Waals surface area contributed by atoms with Crippen molar-refractivity contribution in [1.82, 2.24) is 0 Å². The highest BCUT2D eigenvalue weighted by atomic mass is 16.6. The highest BCUT2D eigenvalue weighted by Gasteiger charge is 2.14. The number of ether oxygens (including phenoxy) is 2. The molecule has 0 aliphatic rings. The van der Waals surface area contributed by atoms with E-state index in [9.17, 15) is 19.7 Å². The Hall–Kier alpha value is -4.40. The minimum atomic E-state index is -0.565. The Balaban J connectivity index is 1.78. The van der Waals surface area contributed by atoms with Gasteiger partial charge in [-0.1, -0.05) is 12.1 Å². The fourth-order valence-electron chi connectivity index (χ4n) is 2.97. The van der Waals surface area contributed by atoms with Crippen molar-refractivity contribution in [1.29, 1.82) is 0 Å². The Morgan fingerprint density at radius 2 is 1.53 bits per heavy atom. The number of hydrogen-bond acceptors (Lipinski definition) is 6. The van der Waals surface area contributed by atoms with E-state index in [1.165, 1.54) is 38.5 Å². The van der Waals surface area contributed by atoms with Gasteiger partial charge in [-0.3, -0.25) is 19.7 Å². The van der Waals surface area contributed by atoms with Crippen molar-refractivity contribution in [3.05, 3.63) is 87.5 Å². The van der Waals surface area contributed by atoms with Crippen LogP contribution in [0, 0.1) is 17.0 Å². The standard InChI is InChI=1S/C23H21N3O6/c1-14-7-9-17(24-22(27)15-5-4-6-18(11-15)26(29)30)13-19(14)25-23(28)16-8-10-20(31-2)21(12-16)32-3/h4-13H,1-3H3,(H,24,27)(H,25,28). The van der Waals surface area contributed by atoms with E-state index in [0.717, 1.165) is 5.56 Å². The van der Waals surface area contributed by atoms with E-state index in [-0.39, 0.29) is 17.2 Å². The van der Waals surface area contributed by atoms with Gasteiger partial charge in [0.1, 0.15) is 0 Å². The number of non-ortho nitro benzene ring substituents is 1. The van der Waals surface area contributed by atoms with Crippen molar-refractivity contribution in [3.8, 4) is 11.5 Å². The van der Waals surface area contributed by atoms with E-state index in [0.29, 0.717) is 28.4 Å². The van der Waals surface area contributed by atoms with Gasteiger partial charge in [-0.25, -0.2) is 0 Å². The topological polar surface area (TPSA) is 120 Å². The van der Waals surface area contributed by atoms with Gasteiger partial charge in [0.15, 0.2) is 11.5 Å². The second-order valence-electron chi connectivity index (χ2n) is 6.82. The first-order valence-electron chi connectivity index (χ1n) is 9.52. The number of benzene rings is 3. The molecule has 0 atom stereocenters. The van der Waals surface area contributed by atoms with Crippen molar-refractivity contribution in [2.75, 3.05) is 24.9 Å². The average Bonchev–Trinajstić information content (AvgIpc) is 2.80. The van der Waals surface area contributed by atoms with Crippen molar-refractivity contribution >= 4 is 28.9 Å². The van der Waals surface area contributed by atoms with Crippen LogP contribution in [-0.4, -0.2) is 31.0 Å². The van der Waals surface area contributed by atoms with Crippen LogP contribution in [-0.2, 0) is 0 Å². The molecule has 0 aliphatic heterocycles. The monoisotopic (exact) mass is 435 g/mol. The number of nitro benzene ring substituents is 1. The van der Waals surface area contributed by atoms with E-state index >= 15 is 0 Å². The lowest BCUT2D eigenvalue weighted by atomic mass is 10.1. The zero-order chi connectivity index (χ0) is 23.3. The van der Waals surface area contributed by atoms with Crippen LogP contribution in [0.25, 0.3) is 0 Å². The van der Waals surface area contributed by atoms with Gasteiger partial charge in [0.25, 0.3) is 17.5 Å². The molecular formula is C23H21N3O6. The van der Waals surface area contributed by atoms with E-state index in [4.69, 9.17) is 9.47 Å². The second kappa shape index (κ2) is 9.61. The SMILES string of the molecule is COc1ccc(C(=O)Nc2cc(NC(=O)c3cccc([N+](=O)[O-])c3)ccc2C)cc1OC. The first kappa shape index (κ1) is 22.3. The molecule has 32 heavy (non-hydrogen) atoms. The Kier molecular flexibility index (Phi) is 6.69. The number of nitrogens with zero attached hydrogens (tertiary/aromatic N) is 1. The summed E-state index contributed by atoms with van der Waals surface area (Å²) in [7, 11) is 2.99. The maximum Gasteiger partial charge on any atom is 0.270 e. The molecule has 0 heterocycles. The van der Waals surface area contributed by atoms with Crippen molar-refractivity contribution < 1.29 is 24.0 Å². The van der Waals surface area contributed by atoms with E-state index in [1.807, 2.05) is 6.92 Å². The van der Waals surface area contributed by atoms with Gasteiger partial charge in [0.2, 0.25) is 0 Å². The Morgan fingerprint density at radius 1 is 0.844 bits per heavy atom. The smallest absolute Gasteiger partial charge is 0.270 e. The van der Waals surface area contributed by atoms with Crippen LogP contribution in [0.1, 0.15) is 26.3 Å². The average molecular weight is 435 g/mol. The van der Waals surface area contributed by atoms with Crippen molar-refractivity contribution in [3.63, 3.8) is 0 Å². The van der Waals surface area contributed by atoms with Crippen LogP contribution < -0.4 is 20.1 Å². The fraction of sp³-hybridized carbons (Fsp3) is 0.130. The van der Waals surface area contributed by atoms with Gasteiger partial charge in [0, 0.05) is 34.6 Å². The number of anilines is 2. The third-order valence-electron chi connectivity index (χ3n) is 4.71. The third-order valence-corrected chi connectivity index (χ3v) is 4.71. The molecule has 3 aromatic carbocycles. The Morgan fingerprint density at radius 3 is 2.22 bits per heavy atom. The number of aryl methyl sites for hydroxylation is 1. The minimum absolute atomic E-state index is 0.149. The lowest BCUT2D eigenvalue weighted by molar-refractivity contribution is -0.384. The minimum Gasteiger partial charge on any atom is -0.493 e. The Bertz CT molecular complexity index is 1190. The normalized spacial score (nSPS) is 10.2. The van der Waals surface area contributed by atoms with Crippen LogP contribution in [0.15, 0.2) is 60.7 Å². The zero-order valence-electron chi connectivity index (χ0n) is 17.7. The number of nitro groups is 1. The first-order valence-corrected chi connectivity index (χ1v) is 9.52. The van der Waals surface area contributed by atoms with Gasteiger partial charge in [-0.15, -0.1) is 0 Å². The lowest BCUT2D eigenvalue weighted by Gasteiger charge is -2.13. The number of amides is 2. The summed E-state index contributed by atoms with van der Waals surface area (Å²) in [5, 5.41) is 16.4. The van der Waals surface area contributed by atoms with Gasteiger partial charge in [-0.05, 0) is 48.9 Å². The van der Waals surface area contributed by atoms with Crippen LogP contribution in [0.3, 0.4) is 0 Å². The number of methoxy groups -OCH3 is 2. The van der Waals surface area contributed by atoms with E-state index in [1.54, 1.807) is 36.4 Å². The molecular weight excluding hydrogens is 414 g/mol. The summed E-state index contributed by atoms with van der Waals surface area (Å²) in [6, 6.07) is 15.3.